The van der Waals surface area contributed by atoms with Gasteiger partial charge in [-0.3, -0.25) is 0 Å². The van der Waals surface area contributed by atoms with Crippen LogP contribution in [-0.4, -0.2) is 29.5 Å². The number of aromatic amines is 1. The van der Waals surface area contributed by atoms with E-state index in [1.807, 2.05) is 4.57 Å². The molecule has 108 valence electrons. The van der Waals surface area contributed by atoms with E-state index in [0.29, 0.717) is 28.6 Å². The molecule has 0 spiro atoms. The zero-order chi connectivity index (χ0) is 14.5. The van der Waals surface area contributed by atoms with Crippen molar-refractivity contribution in [3.05, 3.63) is 27.7 Å². The van der Waals surface area contributed by atoms with Crippen molar-refractivity contribution in [3.63, 3.8) is 0 Å². The molecule has 1 aliphatic rings. The Morgan fingerprint density at radius 1 is 1.35 bits per heavy atom. The predicted octanol–water partition coefficient (Wildman–Crippen LogP) is 3.24. The smallest absolute Gasteiger partial charge is 0.178 e. The first-order chi connectivity index (χ1) is 9.37. The molecule has 1 N–H and O–H groups in total. The van der Waals surface area contributed by atoms with Crippen molar-refractivity contribution in [2.24, 2.45) is 0 Å². The van der Waals surface area contributed by atoms with Crippen LogP contribution in [0.1, 0.15) is 18.9 Å². The third-order valence-corrected chi connectivity index (χ3v) is 5.95. The second-order valence-corrected chi connectivity index (χ2v) is 8.06. The maximum Gasteiger partial charge on any atom is 0.178 e. The quantitative estimate of drug-likeness (QED) is 0.814. The maximum atomic E-state index is 13.5. The number of imidazole rings is 1. The molecule has 1 fully saturated rings. The summed E-state index contributed by atoms with van der Waals surface area (Å²) in [5, 5.41) is 0.0312. The molecule has 0 amide bonds. The van der Waals surface area contributed by atoms with Gasteiger partial charge in [-0.15, -0.1) is 0 Å². The summed E-state index contributed by atoms with van der Waals surface area (Å²) in [7, 11) is -2.93. The van der Waals surface area contributed by atoms with Crippen LogP contribution in [0.5, 0.6) is 0 Å². The van der Waals surface area contributed by atoms with Gasteiger partial charge in [0.15, 0.2) is 4.77 Å². The third kappa shape index (κ3) is 2.38. The number of sulfone groups is 1. The third-order valence-electron chi connectivity index (χ3n) is 3.65. The van der Waals surface area contributed by atoms with Crippen molar-refractivity contribution in [3.8, 4) is 0 Å². The molecule has 4 nitrogen and oxygen atoms in total. The highest BCUT2D eigenvalue weighted by Crippen LogP contribution is 2.30. The minimum atomic E-state index is -2.93. The molecule has 0 radical (unpaired) electrons. The number of nitrogens with zero attached hydrogens (tertiary/aromatic N) is 1. The van der Waals surface area contributed by atoms with E-state index in [1.165, 1.54) is 12.1 Å². The lowest BCUT2D eigenvalue weighted by molar-refractivity contribution is 0.455. The van der Waals surface area contributed by atoms with Crippen molar-refractivity contribution < 1.29 is 12.8 Å². The molecule has 2 aromatic rings. The van der Waals surface area contributed by atoms with Gasteiger partial charge in [-0.2, -0.15) is 0 Å². The zero-order valence-electron chi connectivity index (χ0n) is 10.4. The van der Waals surface area contributed by atoms with Gasteiger partial charge in [-0.25, -0.2) is 12.8 Å². The molecule has 1 aromatic heterocycles. The van der Waals surface area contributed by atoms with Gasteiger partial charge in [0.05, 0.1) is 27.6 Å². The summed E-state index contributed by atoms with van der Waals surface area (Å²) in [5.74, 6) is -0.198. The summed E-state index contributed by atoms with van der Waals surface area (Å²) in [4.78, 5) is 2.94. The van der Waals surface area contributed by atoms with E-state index in [9.17, 15) is 12.8 Å². The van der Waals surface area contributed by atoms with Crippen LogP contribution in [0.4, 0.5) is 4.39 Å². The second kappa shape index (κ2) is 4.82. The lowest BCUT2D eigenvalue weighted by Crippen LogP contribution is -2.25. The molecule has 0 bridgehead atoms. The van der Waals surface area contributed by atoms with Crippen LogP contribution >= 0.6 is 23.8 Å². The molecule has 1 aromatic carbocycles. The van der Waals surface area contributed by atoms with Crippen LogP contribution in [0.3, 0.4) is 0 Å². The molecule has 0 atom stereocenters. The monoisotopic (exact) mass is 334 g/mol. The fourth-order valence-corrected chi connectivity index (χ4v) is 4.60. The van der Waals surface area contributed by atoms with Crippen LogP contribution in [0.15, 0.2) is 12.1 Å². The van der Waals surface area contributed by atoms with E-state index >= 15 is 0 Å². The SMILES string of the molecule is O=S1(=O)CCC(n2c(=S)[nH]c3cc(F)c(Cl)cc32)CC1. The molecular formula is C12H12ClFN2O2S2. The standard InChI is InChI=1S/C12H12ClFN2O2S2/c13-8-5-11-10(6-9(8)14)15-12(19)16(11)7-1-3-20(17,18)4-2-7/h5-7H,1-4H2,(H,15,19). The maximum absolute atomic E-state index is 13.5. The van der Waals surface area contributed by atoms with Crippen molar-refractivity contribution in [1.29, 1.82) is 0 Å². The van der Waals surface area contributed by atoms with Gasteiger partial charge in [-0.1, -0.05) is 11.6 Å². The van der Waals surface area contributed by atoms with E-state index in [2.05, 4.69) is 4.98 Å². The number of hydrogen-bond acceptors (Lipinski definition) is 3. The molecular weight excluding hydrogens is 323 g/mol. The molecule has 2 heterocycles. The van der Waals surface area contributed by atoms with Crippen molar-refractivity contribution in [2.45, 2.75) is 18.9 Å². The minimum Gasteiger partial charge on any atom is -0.330 e. The highest BCUT2D eigenvalue weighted by molar-refractivity contribution is 7.91. The average Bonchev–Trinajstić information content (AvgIpc) is 2.66. The molecule has 20 heavy (non-hydrogen) atoms. The number of halogens is 2. The summed E-state index contributed by atoms with van der Waals surface area (Å²) in [5.41, 5.74) is 1.29. The van der Waals surface area contributed by atoms with Gasteiger partial charge >= 0.3 is 0 Å². The summed E-state index contributed by atoms with van der Waals surface area (Å²) in [6.07, 6.45) is 1.02. The Bertz CT molecular complexity index is 827. The predicted molar refractivity (Wildman–Crippen MR) is 79.0 cm³/mol. The molecule has 3 rings (SSSR count). The van der Waals surface area contributed by atoms with Crippen LogP contribution < -0.4 is 0 Å². The van der Waals surface area contributed by atoms with Crippen molar-refractivity contribution in [1.82, 2.24) is 9.55 Å². The van der Waals surface area contributed by atoms with E-state index < -0.39 is 15.7 Å². The number of fused-ring (bicyclic) bond motifs is 1. The highest BCUT2D eigenvalue weighted by atomic mass is 35.5. The number of rotatable bonds is 1. The average molecular weight is 335 g/mol. The van der Waals surface area contributed by atoms with E-state index in [1.54, 1.807) is 0 Å². The normalized spacial score (nSPS) is 19.5. The second-order valence-electron chi connectivity index (χ2n) is 4.97. The number of nitrogens with one attached hydrogen (secondary N) is 1. The molecule has 0 aliphatic carbocycles. The van der Waals surface area contributed by atoms with Crippen LogP contribution in [0.25, 0.3) is 11.0 Å². The topological polar surface area (TPSA) is 54.9 Å². The van der Waals surface area contributed by atoms with Crippen molar-refractivity contribution >= 4 is 44.7 Å². The fraction of sp³-hybridized carbons (Fsp3) is 0.417. The summed E-state index contributed by atoms with van der Waals surface area (Å²) in [6, 6.07) is 2.84. The summed E-state index contributed by atoms with van der Waals surface area (Å²) in [6.45, 7) is 0. The largest absolute Gasteiger partial charge is 0.330 e. The first-order valence-electron chi connectivity index (χ1n) is 6.17. The Morgan fingerprint density at radius 3 is 2.65 bits per heavy atom. The lowest BCUT2D eigenvalue weighted by Gasteiger charge is -2.23. The Balaban J connectivity index is 2.10. The highest BCUT2D eigenvalue weighted by Gasteiger charge is 2.26. The number of aromatic nitrogens is 2. The molecule has 0 saturated carbocycles. The van der Waals surface area contributed by atoms with E-state index in [4.69, 9.17) is 23.8 Å². The first kappa shape index (κ1) is 14.0. The van der Waals surface area contributed by atoms with Crippen LogP contribution in [-0.2, 0) is 9.84 Å². The number of benzene rings is 1. The Kier molecular flexibility index (Phi) is 3.38. The van der Waals surface area contributed by atoms with Crippen molar-refractivity contribution in [2.75, 3.05) is 11.5 Å². The first-order valence-corrected chi connectivity index (χ1v) is 8.78. The van der Waals surface area contributed by atoms with Gasteiger partial charge in [0.1, 0.15) is 15.7 Å². The Morgan fingerprint density at radius 2 is 2.00 bits per heavy atom. The number of hydrogen-bond donors (Lipinski definition) is 1. The molecule has 1 aliphatic heterocycles. The van der Waals surface area contributed by atoms with Gasteiger partial charge in [0.25, 0.3) is 0 Å². The van der Waals surface area contributed by atoms with E-state index in [-0.39, 0.29) is 22.6 Å². The summed E-state index contributed by atoms with van der Waals surface area (Å²) >= 11 is 11.1. The fourth-order valence-electron chi connectivity index (χ4n) is 2.62. The molecule has 8 heteroatoms. The van der Waals surface area contributed by atoms with Gasteiger partial charge in [-0.05, 0) is 31.1 Å². The van der Waals surface area contributed by atoms with E-state index in [0.717, 1.165) is 0 Å². The Hall–Kier alpha value is -0.920. The van der Waals surface area contributed by atoms with Gasteiger partial charge in [0.2, 0.25) is 0 Å². The lowest BCUT2D eigenvalue weighted by atomic mass is 10.1. The summed E-state index contributed by atoms with van der Waals surface area (Å²) < 4.78 is 38.8. The zero-order valence-corrected chi connectivity index (χ0v) is 12.8. The van der Waals surface area contributed by atoms with Crippen LogP contribution in [0.2, 0.25) is 5.02 Å². The molecule has 1 saturated heterocycles. The van der Waals surface area contributed by atoms with Gasteiger partial charge in [0, 0.05) is 12.1 Å². The van der Waals surface area contributed by atoms with Crippen LogP contribution in [0, 0.1) is 10.6 Å². The molecule has 0 unspecified atom stereocenters. The van der Waals surface area contributed by atoms with Gasteiger partial charge < -0.3 is 9.55 Å². The minimum absolute atomic E-state index is 0.00121. The Labute approximate surface area is 125 Å². The number of H-pyrrole nitrogens is 1.